The van der Waals surface area contributed by atoms with E-state index in [0.29, 0.717) is 13.1 Å². The number of fused-ring (bicyclic) bond motifs is 5. The zero-order valence-electron chi connectivity index (χ0n) is 13.4. The van der Waals surface area contributed by atoms with E-state index < -0.39 is 0 Å². The van der Waals surface area contributed by atoms with Crippen LogP contribution in [0, 0.1) is 19.3 Å². The summed E-state index contributed by atoms with van der Waals surface area (Å²) in [4.78, 5) is 0. The molecule has 2 heteroatoms. The number of hydrogen-bond acceptors (Lipinski definition) is 2. The Balaban J connectivity index is 1.93. The molecule has 1 fully saturated rings. The molecule has 0 aliphatic heterocycles. The summed E-state index contributed by atoms with van der Waals surface area (Å²) in [5.74, 6) is 0. The molecule has 4 rings (SSSR count). The van der Waals surface area contributed by atoms with Crippen LogP contribution in [-0.4, -0.2) is 13.1 Å². The lowest BCUT2D eigenvalue weighted by molar-refractivity contribution is 0.0683. The average Bonchev–Trinajstić information content (AvgIpc) is 2.74. The Bertz CT molecular complexity index is 695. The molecular weight excluding hydrogens is 268 g/mol. The molecule has 1 saturated carbocycles. The highest BCUT2D eigenvalue weighted by molar-refractivity contribution is 5.82. The maximum Gasteiger partial charge on any atom is 0.0227 e. The molecule has 0 saturated heterocycles. The van der Waals surface area contributed by atoms with Crippen molar-refractivity contribution in [1.29, 1.82) is 0 Å². The Hall–Kier alpha value is -1.64. The van der Waals surface area contributed by atoms with Crippen LogP contribution in [0.3, 0.4) is 0 Å². The number of aryl methyl sites for hydroxylation is 2. The van der Waals surface area contributed by atoms with E-state index in [-0.39, 0.29) is 10.8 Å². The summed E-state index contributed by atoms with van der Waals surface area (Å²) in [5, 5.41) is 0. The number of benzene rings is 2. The van der Waals surface area contributed by atoms with E-state index in [2.05, 4.69) is 50.2 Å². The molecule has 1 spiro atoms. The lowest BCUT2D eigenvalue weighted by Crippen LogP contribution is -2.56. The lowest BCUT2D eigenvalue weighted by atomic mass is 9.49. The molecule has 2 aromatic rings. The SMILES string of the molecule is Cc1ccc2c(c1)C1(CC(CN)(CN)C1)c1cc(C)ccc1-2. The van der Waals surface area contributed by atoms with Gasteiger partial charge in [0.2, 0.25) is 0 Å². The molecule has 0 atom stereocenters. The summed E-state index contributed by atoms with van der Waals surface area (Å²) in [6.07, 6.45) is 2.17. The molecule has 0 heterocycles. The van der Waals surface area contributed by atoms with Gasteiger partial charge in [-0.15, -0.1) is 0 Å². The van der Waals surface area contributed by atoms with Gasteiger partial charge in [-0.05, 0) is 67.4 Å². The summed E-state index contributed by atoms with van der Waals surface area (Å²) < 4.78 is 0. The first-order valence-electron chi connectivity index (χ1n) is 8.16. The maximum absolute atomic E-state index is 6.05. The molecule has 2 nitrogen and oxygen atoms in total. The second-order valence-electron chi connectivity index (χ2n) is 7.44. The molecule has 0 bridgehead atoms. The smallest absolute Gasteiger partial charge is 0.0227 e. The fourth-order valence-electron chi connectivity index (χ4n) is 4.70. The van der Waals surface area contributed by atoms with Crippen LogP contribution in [0.15, 0.2) is 36.4 Å². The van der Waals surface area contributed by atoms with Crippen LogP contribution >= 0.6 is 0 Å². The van der Waals surface area contributed by atoms with Crippen molar-refractivity contribution < 1.29 is 0 Å². The zero-order chi connectivity index (χ0) is 15.5. The number of nitrogens with two attached hydrogens (primary N) is 2. The molecule has 2 aliphatic carbocycles. The van der Waals surface area contributed by atoms with Gasteiger partial charge in [0.15, 0.2) is 0 Å². The monoisotopic (exact) mass is 292 g/mol. The predicted octanol–water partition coefficient (Wildman–Crippen LogP) is 3.27. The molecule has 0 amide bonds. The highest BCUT2D eigenvalue weighted by Crippen LogP contribution is 2.64. The molecular formula is C20H24N2. The van der Waals surface area contributed by atoms with Crippen molar-refractivity contribution in [2.75, 3.05) is 13.1 Å². The van der Waals surface area contributed by atoms with E-state index in [4.69, 9.17) is 11.5 Å². The quantitative estimate of drug-likeness (QED) is 0.892. The second kappa shape index (κ2) is 4.43. The third kappa shape index (κ3) is 1.62. The van der Waals surface area contributed by atoms with Crippen LogP contribution in [0.4, 0.5) is 0 Å². The van der Waals surface area contributed by atoms with Crippen molar-refractivity contribution >= 4 is 0 Å². The molecule has 0 unspecified atom stereocenters. The van der Waals surface area contributed by atoms with Gasteiger partial charge in [0.05, 0.1) is 0 Å². The first-order chi connectivity index (χ1) is 10.5. The molecule has 4 N–H and O–H groups in total. The van der Waals surface area contributed by atoms with E-state index in [1.54, 1.807) is 0 Å². The van der Waals surface area contributed by atoms with Gasteiger partial charge in [0.1, 0.15) is 0 Å². The molecule has 114 valence electrons. The van der Waals surface area contributed by atoms with Crippen molar-refractivity contribution in [1.82, 2.24) is 0 Å². The highest BCUT2D eigenvalue weighted by atomic mass is 14.8. The highest BCUT2D eigenvalue weighted by Gasteiger charge is 2.58. The molecule has 2 aliphatic rings. The third-order valence-electron chi connectivity index (χ3n) is 5.89. The van der Waals surface area contributed by atoms with Gasteiger partial charge in [0, 0.05) is 5.41 Å². The Kier molecular flexibility index (Phi) is 2.82. The van der Waals surface area contributed by atoms with Gasteiger partial charge < -0.3 is 11.5 Å². The van der Waals surface area contributed by atoms with Crippen LogP contribution in [0.2, 0.25) is 0 Å². The minimum Gasteiger partial charge on any atom is -0.330 e. The summed E-state index contributed by atoms with van der Waals surface area (Å²) in [7, 11) is 0. The van der Waals surface area contributed by atoms with Crippen molar-refractivity contribution in [3.05, 3.63) is 58.7 Å². The third-order valence-corrected chi connectivity index (χ3v) is 5.89. The maximum atomic E-state index is 6.05. The van der Waals surface area contributed by atoms with Gasteiger partial charge in [0.25, 0.3) is 0 Å². The summed E-state index contributed by atoms with van der Waals surface area (Å²) in [6, 6.07) is 13.8. The van der Waals surface area contributed by atoms with Crippen LogP contribution in [0.25, 0.3) is 11.1 Å². The summed E-state index contributed by atoms with van der Waals surface area (Å²) >= 11 is 0. The Morgan fingerprint density at radius 1 is 0.818 bits per heavy atom. The largest absolute Gasteiger partial charge is 0.330 e. The first kappa shape index (κ1) is 14.0. The average molecular weight is 292 g/mol. The topological polar surface area (TPSA) is 52.0 Å². The Morgan fingerprint density at radius 3 is 1.68 bits per heavy atom. The minimum absolute atomic E-state index is 0.117. The van der Waals surface area contributed by atoms with Crippen molar-refractivity contribution in [3.8, 4) is 11.1 Å². The fraction of sp³-hybridized carbons (Fsp3) is 0.400. The van der Waals surface area contributed by atoms with E-state index >= 15 is 0 Å². The van der Waals surface area contributed by atoms with Crippen LogP contribution in [0.5, 0.6) is 0 Å². The second-order valence-corrected chi connectivity index (χ2v) is 7.44. The molecule has 22 heavy (non-hydrogen) atoms. The van der Waals surface area contributed by atoms with Gasteiger partial charge in [-0.25, -0.2) is 0 Å². The standard InChI is InChI=1S/C20H24N2/c1-13-3-5-15-16-6-4-14(2)8-18(16)20(17(15)7-13)9-19(10-20,11-21)12-22/h3-8H,9-12,21-22H2,1-2H3. The lowest BCUT2D eigenvalue weighted by Gasteiger charge is -2.55. The number of rotatable bonds is 2. The number of hydrogen-bond donors (Lipinski definition) is 2. The molecule has 2 aromatic carbocycles. The van der Waals surface area contributed by atoms with Crippen molar-refractivity contribution in [3.63, 3.8) is 0 Å². The van der Waals surface area contributed by atoms with E-state index in [9.17, 15) is 0 Å². The minimum atomic E-state index is 0.117. The van der Waals surface area contributed by atoms with Gasteiger partial charge in [-0.3, -0.25) is 0 Å². The summed E-state index contributed by atoms with van der Waals surface area (Å²) in [6.45, 7) is 5.74. The van der Waals surface area contributed by atoms with Gasteiger partial charge in [-0.2, -0.15) is 0 Å². The van der Waals surface area contributed by atoms with Crippen molar-refractivity contribution in [2.45, 2.75) is 32.1 Å². The van der Waals surface area contributed by atoms with Gasteiger partial charge in [-0.1, -0.05) is 47.5 Å². The Morgan fingerprint density at radius 2 is 1.27 bits per heavy atom. The first-order valence-corrected chi connectivity index (χ1v) is 8.16. The van der Waals surface area contributed by atoms with Crippen LogP contribution < -0.4 is 11.5 Å². The van der Waals surface area contributed by atoms with Gasteiger partial charge >= 0.3 is 0 Å². The summed E-state index contributed by atoms with van der Waals surface area (Å²) in [5.41, 5.74) is 20.8. The predicted molar refractivity (Wildman–Crippen MR) is 91.9 cm³/mol. The molecule has 0 aromatic heterocycles. The van der Waals surface area contributed by atoms with E-state index in [1.807, 2.05) is 0 Å². The fourth-order valence-corrected chi connectivity index (χ4v) is 4.70. The Labute approximate surface area is 132 Å². The van der Waals surface area contributed by atoms with Crippen LogP contribution in [-0.2, 0) is 5.41 Å². The normalized spacial score (nSPS) is 19.6. The van der Waals surface area contributed by atoms with E-state index in [1.165, 1.54) is 33.4 Å². The molecule has 0 radical (unpaired) electrons. The van der Waals surface area contributed by atoms with Crippen LogP contribution in [0.1, 0.15) is 35.1 Å². The van der Waals surface area contributed by atoms with E-state index in [0.717, 1.165) is 12.8 Å². The van der Waals surface area contributed by atoms with Crippen molar-refractivity contribution in [2.24, 2.45) is 16.9 Å². The zero-order valence-corrected chi connectivity index (χ0v) is 13.4.